The van der Waals surface area contributed by atoms with Crippen LogP contribution in [0.5, 0.6) is 0 Å². The van der Waals surface area contributed by atoms with Crippen molar-refractivity contribution in [1.82, 2.24) is 5.32 Å². The molecule has 0 aromatic heterocycles. The first-order valence-corrected chi connectivity index (χ1v) is 9.45. The highest BCUT2D eigenvalue weighted by atomic mass is 32.2. The zero-order valence-corrected chi connectivity index (χ0v) is 12.8. The molecule has 2 atom stereocenters. The Morgan fingerprint density at radius 2 is 1.95 bits per heavy atom. The Morgan fingerprint density at radius 3 is 2.57 bits per heavy atom. The van der Waals surface area contributed by atoms with Crippen LogP contribution in [0, 0.1) is 5.92 Å². The van der Waals surface area contributed by atoms with Crippen LogP contribution < -0.4 is 5.32 Å². The lowest BCUT2D eigenvalue weighted by Crippen LogP contribution is -2.48. The largest absolute Gasteiger partial charge is 0.458 e. The van der Waals surface area contributed by atoms with Crippen molar-refractivity contribution in [3.63, 3.8) is 0 Å². The minimum Gasteiger partial charge on any atom is -0.458 e. The number of ether oxygens (including phenoxy) is 1. The van der Waals surface area contributed by atoms with E-state index in [2.05, 4.69) is 5.32 Å². The number of sulfone groups is 1. The Hall–Kier alpha value is -1.11. The summed E-state index contributed by atoms with van der Waals surface area (Å²) in [6.07, 6.45) is 5.09. The highest BCUT2D eigenvalue weighted by molar-refractivity contribution is 7.91. The molecule has 118 valence electrons. The number of hydrogen-bond acceptors (Lipinski definition) is 5. The molecule has 0 radical (unpaired) electrons. The lowest BCUT2D eigenvalue weighted by Gasteiger charge is -2.36. The molecule has 1 amide bonds. The lowest BCUT2D eigenvalue weighted by atomic mass is 9.75. The van der Waals surface area contributed by atoms with Gasteiger partial charge in [-0.25, -0.2) is 8.42 Å². The molecule has 7 heteroatoms. The van der Waals surface area contributed by atoms with Crippen LogP contribution in [0.2, 0.25) is 0 Å². The fraction of sp³-hybridized carbons (Fsp3) is 0.857. The van der Waals surface area contributed by atoms with E-state index < -0.39 is 21.4 Å². The third-order valence-corrected chi connectivity index (χ3v) is 6.69. The first-order chi connectivity index (χ1) is 9.90. The Bertz CT molecular complexity index is 550. The molecule has 0 bridgehead atoms. The van der Waals surface area contributed by atoms with Crippen LogP contribution in [-0.4, -0.2) is 43.4 Å². The number of rotatable bonds is 2. The first-order valence-electron chi connectivity index (χ1n) is 7.63. The van der Waals surface area contributed by atoms with Gasteiger partial charge in [-0.05, 0) is 32.1 Å². The van der Waals surface area contributed by atoms with Crippen molar-refractivity contribution in [2.24, 2.45) is 5.92 Å². The van der Waals surface area contributed by atoms with Crippen molar-refractivity contribution in [3.8, 4) is 0 Å². The second kappa shape index (κ2) is 5.26. The molecule has 1 N–H and O–H groups in total. The predicted molar refractivity (Wildman–Crippen MR) is 75.2 cm³/mol. The standard InChI is InChI=1S/C14H21NO5S/c16-12-8-11(14(20-12)5-2-1-3-6-14)13(17)15-10-4-7-21(18,19)9-10/h10-11H,1-9H2,(H,15,17)/t10-,11+/m0/s1. The van der Waals surface area contributed by atoms with Gasteiger partial charge < -0.3 is 10.1 Å². The molecule has 1 saturated carbocycles. The van der Waals surface area contributed by atoms with Crippen LogP contribution in [0.25, 0.3) is 0 Å². The summed E-state index contributed by atoms with van der Waals surface area (Å²) in [6.45, 7) is 0. The van der Waals surface area contributed by atoms with Gasteiger partial charge in [0.25, 0.3) is 0 Å². The Balaban J connectivity index is 1.69. The van der Waals surface area contributed by atoms with E-state index in [9.17, 15) is 18.0 Å². The van der Waals surface area contributed by atoms with E-state index in [1.54, 1.807) is 0 Å². The molecule has 3 aliphatic rings. The minimum atomic E-state index is -3.02. The van der Waals surface area contributed by atoms with E-state index in [0.717, 1.165) is 32.1 Å². The maximum absolute atomic E-state index is 12.5. The summed E-state index contributed by atoms with van der Waals surface area (Å²) in [6, 6.07) is -0.321. The number of carbonyl (C=O) groups excluding carboxylic acids is 2. The SMILES string of the molecule is O=C1C[C@H](C(=O)N[C@H]2CCS(=O)(=O)C2)C2(CCCCC2)O1. The average Bonchev–Trinajstić information content (AvgIpc) is 2.91. The van der Waals surface area contributed by atoms with Gasteiger partial charge in [0.2, 0.25) is 5.91 Å². The summed E-state index contributed by atoms with van der Waals surface area (Å²) >= 11 is 0. The molecule has 3 fully saturated rings. The molecule has 2 aliphatic heterocycles. The molecule has 0 aromatic rings. The summed E-state index contributed by atoms with van der Waals surface area (Å²) in [5.74, 6) is -0.856. The number of nitrogens with one attached hydrogen (secondary N) is 1. The normalized spacial score (nSPS) is 33.8. The van der Waals surface area contributed by atoms with Crippen molar-refractivity contribution in [2.45, 2.75) is 56.6 Å². The zero-order chi connectivity index (χ0) is 15.1. The summed E-state index contributed by atoms with van der Waals surface area (Å²) in [5.41, 5.74) is -0.642. The molecule has 2 heterocycles. The van der Waals surface area contributed by atoms with E-state index in [-0.39, 0.29) is 35.8 Å². The minimum absolute atomic E-state index is 0.00721. The Morgan fingerprint density at radius 1 is 1.24 bits per heavy atom. The van der Waals surface area contributed by atoms with Crippen LogP contribution in [0.4, 0.5) is 0 Å². The lowest BCUT2D eigenvalue weighted by molar-refractivity contribution is -0.153. The summed E-state index contributed by atoms with van der Waals surface area (Å²) < 4.78 is 28.4. The van der Waals surface area contributed by atoms with Crippen molar-refractivity contribution in [3.05, 3.63) is 0 Å². The zero-order valence-electron chi connectivity index (χ0n) is 12.0. The summed E-state index contributed by atoms with van der Waals surface area (Å²) in [5, 5.41) is 2.82. The van der Waals surface area contributed by atoms with Gasteiger partial charge in [-0.3, -0.25) is 9.59 Å². The van der Waals surface area contributed by atoms with Gasteiger partial charge in [0, 0.05) is 6.04 Å². The molecule has 21 heavy (non-hydrogen) atoms. The molecule has 0 unspecified atom stereocenters. The van der Waals surface area contributed by atoms with Crippen molar-refractivity contribution < 1.29 is 22.7 Å². The van der Waals surface area contributed by atoms with E-state index in [1.165, 1.54) is 0 Å². The predicted octanol–water partition coefficient (Wildman–Crippen LogP) is 0.556. The van der Waals surface area contributed by atoms with Crippen molar-refractivity contribution >= 4 is 21.7 Å². The second-order valence-corrected chi connectivity index (χ2v) is 8.69. The van der Waals surface area contributed by atoms with Crippen LogP contribution in [0.3, 0.4) is 0 Å². The highest BCUT2D eigenvalue weighted by Gasteiger charge is 2.53. The Labute approximate surface area is 124 Å². The second-order valence-electron chi connectivity index (χ2n) is 6.46. The van der Waals surface area contributed by atoms with Gasteiger partial charge in [-0.15, -0.1) is 0 Å². The van der Waals surface area contributed by atoms with Crippen molar-refractivity contribution in [2.75, 3.05) is 11.5 Å². The number of amides is 1. The molecule has 3 rings (SSSR count). The van der Waals surface area contributed by atoms with Gasteiger partial charge in [-0.2, -0.15) is 0 Å². The molecule has 0 aromatic carbocycles. The van der Waals surface area contributed by atoms with E-state index in [4.69, 9.17) is 4.74 Å². The van der Waals surface area contributed by atoms with Gasteiger partial charge in [0.05, 0.1) is 23.8 Å². The molecule has 1 aliphatic carbocycles. The van der Waals surface area contributed by atoms with Crippen LogP contribution in [0.15, 0.2) is 0 Å². The molecule has 2 saturated heterocycles. The van der Waals surface area contributed by atoms with Gasteiger partial charge in [0.15, 0.2) is 9.84 Å². The highest BCUT2D eigenvalue weighted by Crippen LogP contribution is 2.44. The van der Waals surface area contributed by atoms with E-state index in [1.807, 2.05) is 0 Å². The first kappa shape index (κ1) is 14.8. The smallest absolute Gasteiger partial charge is 0.307 e. The molecule has 6 nitrogen and oxygen atoms in total. The fourth-order valence-corrected chi connectivity index (χ4v) is 5.51. The summed E-state index contributed by atoms with van der Waals surface area (Å²) in [4.78, 5) is 24.2. The number of esters is 1. The number of carbonyl (C=O) groups is 2. The third kappa shape index (κ3) is 2.93. The molecule has 1 spiro atoms. The monoisotopic (exact) mass is 315 g/mol. The van der Waals surface area contributed by atoms with Crippen LogP contribution in [-0.2, 0) is 24.2 Å². The molecular weight excluding hydrogens is 294 g/mol. The van der Waals surface area contributed by atoms with Gasteiger partial charge in [0.1, 0.15) is 5.60 Å². The maximum atomic E-state index is 12.5. The molecular formula is C14H21NO5S. The van der Waals surface area contributed by atoms with Crippen LogP contribution >= 0.6 is 0 Å². The third-order valence-electron chi connectivity index (χ3n) is 4.92. The Kier molecular flexibility index (Phi) is 3.71. The topological polar surface area (TPSA) is 89.5 Å². The van der Waals surface area contributed by atoms with E-state index in [0.29, 0.717) is 6.42 Å². The van der Waals surface area contributed by atoms with Gasteiger partial charge in [-0.1, -0.05) is 6.42 Å². The van der Waals surface area contributed by atoms with E-state index >= 15 is 0 Å². The van der Waals surface area contributed by atoms with Crippen LogP contribution in [0.1, 0.15) is 44.9 Å². The van der Waals surface area contributed by atoms with Crippen molar-refractivity contribution in [1.29, 1.82) is 0 Å². The summed E-state index contributed by atoms with van der Waals surface area (Å²) in [7, 11) is -3.02. The average molecular weight is 315 g/mol. The quantitative estimate of drug-likeness (QED) is 0.752. The fourth-order valence-electron chi connectivity index (χ4n) is 3.84. The van der Waals surface area contributed by atoms with Gasteiger partial charge >= 0.3 is 5.97 Å². The maximum Gasteiger partial charge on any atom is 0.307 e. The number of hydrogen-bond donors (Lipinski definition) is 1.